The first-order valence-corrected chi connectivity index (χ1v) is 13.4. The van der Waals surface area contributed by atoms with E-state index in [2.05, 4.69) is 62.8 Å². The van der Waals surface area contributed by atoms with Crippen LogP contribution in [0.2, 0.25) is 0 Å². The molecule has 0 aliphatic carbocycles. The predicted molar refractivity (Wildman–Crippen MR) is 160 cm³/mol. The van der Waals surface area contributed by atoms with Gasteiger partial charge in [-0.2, -0.15) is 0 Å². The summed E-state index contributed by atoms with van der Waals surface area (Å²) < 4.78 is 34.1. The molecule has 3 heteroatoms. The van der Waals surface area contributed by atoms with Crippen molar-refractivity contribution < 1.29 is 14.7 Å². The fraction of sp³-hybridized carbons (Fsp3) is 0.139. The molecular weight excluding hydrogens is 481 g/mol. The van der Waals surface area contributed by atoms with Gasteiger partial charge >= 0.3 is 0 Å². The summed E-state index contributed by atoms with van der Waals surface area (Å²) in [5.74, 6) is 0.0234. The van der Waals surface area contributed by atoms with Gasteiger partial charge in [0.25, 0.3) is 0 Å². The van der Waals surface area contributed by atoms with Crippen LogP contribution < -0.4 is 4.57 Å². The van der Waals surface area contributed by atoms with E-state index in [-0.39, 0.29) is 0 Å². The number of aryl methyl sites for hydroxylation is 2. The summed E-state index contributed by atoms with van der Waals surface area (Å²) in [6, 6.07) is 27.9. The van der Waals surface area contributed by atoms with Gasteiger partial charge < -0.3 is 4.42 Å². The molecule has 0 N–H and O–H groups in total. The molecule has 2 aromatic heterocycles. The molecule has 0 amide bonds. The van der Waals surface area contributed by atoms with Gasteiger partial charge in [-0.1, -0.05) is 74.5 Å². The highest BCUT2D eigenvalue weighted by Gasteiger charge is 2.24. The lowest BCUT2D eigenvalue weighted by Gasteiger charge is -2.12. The Morgan fingerprint density at radius 1 is 0.744 bits per heavy atom. The average molecular weight is 512 g/mol. The van der Waals surface area contributed by atoms with E-state index in [1.54, 1.807) is 6.07 Å². The number of nitrogens with zero attached hydrogens (tertiary/aromatic N) is 1. The second-order valence-electron chi connectivity index (χ2n) is 10.7. The van der Waals surface area contributed by atoms with Crippen molar-refractivity contribution in [2.45, 2.75) is 26.7 Å². The SMILES string of the molecule is [2H]c1c(-c2c(F)ccc3c2oc2c(-c4ccc(C(C)C)c[n+]4C)c(C)ccc23)c2ccccc2c2ccccc12. The Kier molecular flexibility index (Phi) is 5.06. The van der Waals surface area contributed by atoms with E-state index < -0.39 is 5.82 Å². The molecule has 0 fully saturated rings. The first-order valence-electron chi connectivity index (χ1n) is 13.9. The number of pyridine rings is 1. The molecule has 7 rings (SSSR count). The van der Waals surface area contributed by atoms with E-state index in [1.165, 1.54) is 11.6 Å². The summed E-state index contributed by atoms with van der Waals surface area (Å²) in [5, 5.41) is 5.37. The Balaban J connectivity index is 1.60. The molecule has 190 valence electrons. The number of fused-ring (bicyclic) bond motifs is 6. The van der Waals surface area contributed by atoms with Gasteiger partial charge in [-0.15, -0.1) is 0 Å². The number of furan rings is 1. The molecule has 0 saturated heterocycles. The summed E-state index contributed by atoms with van der Waals surface area (Å²) in [4.78, 5) is 0. The van der Waals surface area contributed by atoms with Crippen molar-refractivity contribution in [3.05, 3.63) is 114 Å². The third-order valence-electron chi connectivity index (χ3n) is 7.97. The highest BCUT2D eigenvalue weighted by molar-refractivity contribution is 6.18. The second-order valence-corrected chi connectivity index (χ2v) is 10.7. The van der Waals surface area contributed by atoms with E-state index in [4.69, 9.17) is 4.42 Å². The number of hydrogen-bond acceptors (Lipinski definition) is 1. The minimum absolute atomic E-state index is 0.299. The summed E-state index contributed by atoms with van der Waals surface area (Å²) >= 11 is 0. The number of halogens is 1. The molecule has 0 bridgehead atoms. The van der Waals surface area contributed by atoms with Crippen molar-refractivity contribution in [3.8, 4) is 22.4 Å². The van der Waals surface area contributed by atoms with Gasteiger partial charge in [0.05, 0.1) is 12.5 Å². The summed E-state index contributed by atoms with van der Waals surface area (Å²) in [6.07, 6.45) is 2.17. The monoisotopic (exact) mass is 511 g/mol. The zero-order valence-electron chi connectivity index (χ0n) is 23.5. The third-order valence-corrected chi connectivity index (χ3v) is 7.97. The standard InChI is InChI=1S/C36H29FNO/c1-21(2)24-14-18-32(38(4)20-24)33-22(3)13-15-28-29-16-17-31(37)34(36(29)39-35(28)33)30-19-23-9-5-6-10-25(23)26-11-7-8-12-27(26)30/h5-21H,1-4H3/q+1/i19D. The van der Waals surface area contributed by atoms with Crippen LogP contribution in [0, 0.1) is 12.7 Å². The highest BCUT2D eigenvalue weighted by atomic mass is 19.1. The predicted octanol–water partition coefficient (Wildman–Crippen LogP) is 9.62. The van der Waals surface area contributed by atoms with Gasteiger partial charge in [0.15, 0.2) is 6.20 Å². The number of hydrogen-bond donors (Lipinski definition) is 0. The van der Waals surface area contributed by atoms with E-state index in [9.17, 15) is 1.37 Å². The highest BCUT2D eigenvalue weighted by Crippen LogP contribution is 2.44. The molecule has 0 atom stereocenters. The first-order chi connectivity index (χ1) is 19.3. The topological polar surface area (TPSA) is 17.0 Å². The Hall–Kier alpha value is -4.50. The Morgan fingerprint density at radius 2 is 1.41 bits per heavy atom. The lowest BCUT2D eigenvalue weighted by Crippen LogP contribution is -2.31. The summed E-state index contributed by atoms with van der Waals surface area (Å²) in [7, 11) is 2.06. The molecule has 2 heterocycles. The summed E-state index contributed by atoms with van der Waals surface area (Å²) in [6.45, 7) is 6.46. The van der Waals surface area contributed by atoms with Crippen LogP contribution in [0.1, 0.15) is 32.3 Å². The zero-order valence-corrected chi connectivity index (χ0v) is 22.5. The minimum Gasteiger partial charge on any atom is -0.454 e. The van der Waals surface area contributed by atoms with Crippen LogP contribution in [0.15, 0.2) is 102 Å². The molecule has 5 aromatic carbocycles. The Morgan fingerprint density at radius 3 is 2.15 bits per heavy atom. The van der Waals surface area contributed by atoms with Crippen LogP contribution in [0.3, 0.4) is 0 Å². The maximum absolute atomic E-state index is 16.0. The van der Waals surface area contributed by atoms with Crippen molar-refractivity contribution in [1.29, 1.82) is 0 Å². The first kappa shape index (κ1) is 22.5. The Labute approximate surface area is 228 Å². The van der Waals surface area contributed by atoms with Crippen LogP contribution in [0.4, 0.5) is 4.39 Å². The van der Waals surface area contributed by atoms with Crippen molar-refractivity contribution >= 4 is 43.5 Å². The summed E-state index contributed by atoms with van der Waals surface area (Å²) in [5.41, 5.74) is 6.46. The lowest BCUT2D eigenvalue weighted by atomic mass is 9.92. The van der Waals surface area contributed by atoms with Crippen molar-refractivity contribution in [2.75, 3.05) is 0 Å². The van der Waals surface area contributed by atoms with Crippen molar-refractivity contribution in [1.82, 2.24) is 0 Å². The van der Waals surface area contributed by atoms with Crippen molar-refractivity contribution in [2.24, 2.45) is 7.05 Å². The molecule has 0 spiro atoms. The van der Waals surface area contributed by atoms with Gasteiger partial charge in [-0.25, -0.2) is 8.96 Å². The third kappa shape index (κ3) is 3.57. The number of aromatic nitrogens is 1. The fourth-order valence-electron chi connectivity index (χ4n) is 5.92. The van der Waals surface area contributed by atoms with Crippen LogP contribution in [0.5, 0.6) is 0 Å². The molecule has 0 aliphatic heterocycles. The van der Waals surface area contributed by atoms with Gasteiger partial charge in [0.2, 0.25) is 5.69 Å². The van der Waals surface area contributed by atoms with Crippen LogP contribution in [-0.2, 0) is 7.05 Å². The van der Waals surface area contributed by atoms with E-state index >= 15 is 4.39 Å². The average Bonchev–Trinajstić information content (AvgIpc) is 3.33. The van der Waals surface area contributed by atoms with E-state index in [0.29, 0.717) is 28.7 Å². The second kappa shape index (κ2) is 8.78. The van der Waals surface area contributed by atoms with Gasteiger partial charge in [-0.05, 0) is 69.8 Å². The van der Waals surface area contributed by atoms with E-state index in [0.717, 1.165) is 54.7 Å². The normalized spacial score (nSPS) is 12.3. The van der Waals surface area contributed by atoms with Crippen LogP contribution in [-0.4, -0.2) is 0 Å². The largest absolute Gasteiger partial charge is 0.454 e. The molecule has 0 saturated carbocycles. The maximum Gasteiger partial charge on any atom is 0.216 e. The van der Waals surface area contributed by atoms with Crippen LogP contribution >= 0.6 is 0 Å². The van der Waals surface area contributed by atoms with Gasteiger partial charge in [-0.3, -0.25) is 0 Å². The Bertz CT molecular complexity index is 2140. The van der Waals surface area contributed by atoms with E-state index in [1.807, 2.05) is 48.5 Å². The van der Waals surface area contributed by atoms with Gasteiger partial charge in [0, 0.05) is 22.4 Å². The molecule has 2 nitrogen and oxygen atoms in total. The van der Waals surface area contributed by atoms with Gasteiger partial charge in [0.1, 0.15) is 24.0 Å². The molecule has 39 heavy (non-hydrogen) atoms. The minimum atomic E-state index is -0.398. The number of rotatable bonds is 3. The molecule has 0 radical (unpaired) electrons. The molecule has 7 aromatic rings. The van der Waals surface area contributed by atoms with Crippen molar-refractivity contribution in [3.63, 3.8) is 0 Å². The molecule has 0 unspecified atom stereocenters. The molecule has 0 aliphatic rings. The fourth-order valence-corrected chi connectivity index (χ4v) is 5.92. The smallest absolute Gasteiger partial charge is 0.216 e. The lowest BCUT2D eigenvalue weighted by molar-refractivity contribution is -0.660. The zero-order chi connectivity index (χ0) is 27.7. The molecular formula is C36H29FNO+. The maximum atomic E-state index is 16.0. The van der Waals surface area contributed by atoms with Crippen LogP contribution in [0.25, 0.3) is 65.9 Å². The quantitative estimate of drug-likeness (QED) is 0.170. The number of benzene rings is 5.